The van der Waals surface area contributed by atoms with Crippen molar-refractivity contribution in [2.45, 2.75) is 32.9 Å². The number of halogens is 1. The first-order valence-corrected chi connectivity index (χ1v) is 6.88. The van der Waals surface area contributed by atoms with Gasteiger partial charge in [-0.05, 0) is 34.8 Å². The molecule has 0 bridgehead atoms. The summed E-state index contributed by atoms with van der Waals surface area (Å²) in [6.07, 6.45) is 2.08. The number of nitrogens with zero attached hydrogens (tertiary/aromatic N) is 2. The molecular weight excluding hydrogens is 292 g/mol. The second-order valence-corrected chi connectivity index (χ2v) is 5.27. The summed E-state index contributed by atoms with van der Waals surface area (Å²) in [6.45, 7) is 4.94. The summed E-state index contributed by atoms with van der Waals surface area (Å²) in [5, 5.41) is 14.7. The molecule has 0 radical (unpaired) electrons. The molecule has 1 aromatic heterocycles. The minimum absolute atomic E-state index is 0.644. The van der Waals surface area contributed by atoms with Gasteiger partial charge in [0.25, 0.3) is 0 Å². The maximum Gasteiger partial charge on any atom is 0.122 e. The van der Waals surface area contributed by atoms with Crippen LogP contribution in [0.3, 0.4) is 0 Å². The van der Waals surface area contributed by atoms with E-state index in [4.69, 9.17) is 0 Å². The highest BCUT2D eigenvalue weighted by molar-refractivity contribution is 9.10. The molecule has 2 aromatic rings. The molecule has 2 rings (SSSR count). The Hall–Kier alpha value is -1.13. The van der Waals surface area contributed by atoms with Crippen LogP contribution in [0, 0.1) is 6.92 Å². The smallest absolute Gasteiger partial charge is 0.122 e. The second-order valence-electron chi connectivity index (χ2n) is 4.41. The lowest BCUT2D eigenvalue weighted by molar-refractivity contribution is 0.206. The van der Waals surface area contributed by atoms with Crippen LogP contribution in [-0.2, 0) is 6.54 Å². The van der Waals surface area contributed by atoms with Crippen molar-refractivity contribution in [3.05, 3.63) is 51.8 Å². The molecule has 0 aliphatic rings. The third-order valence-electron chi connectivity index (χ3n) is 2.92. The number of aryl methyl sites for hydroxylation is 2. The lowest BCUT2D eigenvalue weighted by Gasteiger charge is -2.14. The standard InChI is InChI=1S/C14H17BrN2O/c1-3-8-17-13(12(15)9-16-17)14(18)11-6-4-10(2)5-7-11/h4-7,9,14,18H,3,8H2,1-2H3. The zero-order valence-corrected chi connectivity index (χ0v) is 12.2. The number of aliphatic hydroxyl groups is 1. The quantitative estimate of drug-likeness (QED) is 0.939. The highest BCUT2D eigenvalue weighted by Gasteiger charge is 2.19. The van der Waals surface area contributed by atoms with Gasteiger partial charge >= 0.3 is 0 Å². The van der Waals surface area contributed by atoms with E-state index in [2.05, 4.69) is 28.0 Å². The van der Waals surface area contributed by atoms with Crippen molar-refractivity contribution in [1.82, 2.24) is 9.78 Å². The number of hydrogen-bond acceptors (Lipinski definition) is 2. The highest BCUT2D eigenvalue weighted by atomic mass is 79.9. The summed E-state index contributed by atoms with van der Waals surface area (Å²) in [5.74, 6) is 0. The van der Waals surface area contributed by atoms with Gasteiger partial charge in [0.2, 0.25) is 0 Å². The van der Waals surface area contributed by atoms with Gasteiger partial charge in [-0.2, -0.15) is 5.10 Å². The van der Waals surface area contributed by atoms with Gasteiger partial charge < -0.3 is 5.11 Å². The molecule has 0 aliphatic carbocycles. The summed E-state index contributed by atoms with van der Waals surface area (Å²) in [4.78, 5) is 0. The summed E-state index contributed by atoms with van der Waals surface area (Å²) in [5.41, 5.74) is 2.90. The van der Waals surface area contributed by atoms with Crippen molar-refractivity contribution >= 4 is 15.9 Å². The number of hydrogen-bond donors (Lipinski definition) is 1. The Morgan fingerprint density at radius 3 is 2.61 bits per heavy atom. The summed E-state index contributed by atoms with van der Waals surface area (Å²) < 4.78 is 2.71. The number of aliphatic hydroxyl groups excluding tert-OH is 1. The number of benzene rings is 1. The molecule has 1 aromatic carbocycles. The van der Waals surface area contributed by atoms with Gasteiger partial charge in [0.15, 0.2) is 0 Å². The lowest BCUT2D eigenvalue weighted by Crippen LogP contribution is -2.10. The Balaban J connectivity index is 2.35. The van der Waals surface area contributed by atoms with E-state index < -0.39 is 6.10 Å². The fourth-order valence-corrected chi connectivity index (χ4v) is 2.45. The summed E-state index contributed by atoms with van der Waals surface area (Å²) >= 11 is 3.46. The van der Waals surface area contributed by atoms with Crippen molar-refractivity contribution in [2.75, 3.05) is 0 Å². The van der Waals surface area contributed by atoms with Gasteiger partial charge in [0.1, 0.15) is 6.10 Å². The molecule has 18 heavy (non-hydrogen) atoms. The maximum absolute atomic E-state index is 10.5. The molecule has 3 nitrogen and oxygen atoms in total. The fourth-order valence-electron chi connectivity index (χ4n) is 1.94. The van der Waals surface area contributed by atoms with Gasteiger partial charge in [-0.25, -0.2) is 0 Å². The van der Waals surface area contributed by atoms with Crippen molar-refractivity contribution in [3.63, 3.8) is 0 Å². The molecule has 1 N–H and O–H groups in total. The molecular formula is C14H17BrN2O. The van der Waals surface area contributed by atoms with Gasteiger partial charge in [0.05, 0.1) is 16.4 Å². The molecule has 0 amide bonds. The van der Waals surface area contributed by atoms with Crippen molar-refractivity contribution in [2.24, 2.45) is 0 Å². The zero-order chi connectivity index (χ0) is 13.1. The van der Waals surface area contributed by atoms with Crippen LogP contribution in [0.25, 0.3) is 0 Å². The van der Waals surface area contributed by atoms with E-state index in [1.54, 1.807) is 6.20 Å². The van der Waals surface area contributed by atoms with Crippen molar-refractivity contribution < 1.29 is 5.11 Å². The molecule has 0 aliphatic heterocycles. The Morgan fingerprint density at radius 1 is 1.33 bits per heavy atom. The molecule has 0 saturated carbocycles. The Morgan fingerprint density at radius 2 is 2.00 bits per heavy atom. The van der Waals surface area contributed by atoms with E-state index in [9.17, 15) is 5.11 Å². The van der Waals surface area contributed by atoms with E-state index in [-0.39, 0.29) is 0 Å². The predicted molar refractivity (Wildman–Crippen MR) is 75.5 cm³/mol. The molecule has 4 heteroatoms. The summed E-state index contributed by atoms with van der Waals surface area (Å²) in [6, 6.07) is 7.92. The first kappa shape index (κ1) is 13.3. The van der Waals surface area contributed by atoms with E-state index in [0.717, 1.165) is 28.7 Å². The van der Waals surface area contributed by atoms with Crippen LogP contribution in [0.4, 0.5) is 0 Å². The molecule has 1 heterocycles. The monoisotopic (exact) mass is 308 g/mol. The lowest BCUT2D eigenvalue weighted by atomic mass is 10.0. The van der Waals surface area contributed by atoms with Crippen LogP contribution in [-0.4, -0.2) is 14.9 Å². The summed E-state index contributed by atoms with van der Waals surface area (Å²) in [7, 11) is 0. The number of aromatic nitrogens is 2. The Bertz CT molecular complexity index is 519. The average molecular weight is 309 g/mol. The van der Waals surface area contributed by atoms with E-state index in [1.165, 1.54) is 5.56 Å². The SMILES string of the molecule is CCCn1ncc(Br)c1C(O)c1ccc(C)cc1. The average Bonchev–Trinajstić information content (AvgIpc) is 2.71. The Kier molecular flexibility index (Phi) is 4.19. The van der Waals surface area contributed by atoms with Gasteiger partial charge in [-0.3, -0.25) is 4.68 Å². The topological polar surface area (TPSA) is 38.0 Å². The van der Waals surface area contributed by atoms with Crippen molar-refractivity contribution in [1.29, 1.82) is 0 Å². The molecule has 96 valence electrons. The fraction of sp³-hybridized carbons (Fsp3) is 0.357. The first-order valence-electron chi connectivity index (χ1n) is 6.09. The van der Waals surface area contributed by atoms with E-state index in [1.807, 2.05) is 35.9 Å². The molecule has 1 atom stereocenters. The van der Waals surface area contributed by atoms with E-state index >= 15 is 0 Å². The third kappa shape index (κ3) is 2.65. The largest absolute Gasteiger partial charge is 0.382 e. The van der Waals surface area contributed by atoms with E-state index in [0.29, 0.717) is 0 Å². The second kappa shape index (κ2) is 5.67. The zero-order valence-electron chi connectivity index (χ0n) is 10.6. The maximum atomic E-state index is 10.5. The number of rotatable bonds is 4. The first-order chi connectivity index (χ1) is 8.63. The van der Waals surface area contributed by atoms with Crippen LogP contribution in [0.15, 0.2) is 34.9 Å². The predicted octanol–water partition coefficient (Wildman–Crippen LogP) is 3.45. The molecule has 0 fully saturated rings. The van der Waals surface area contributed by atoms with Crippen LogP contribution in [0.1, 0.15) is 36.3 Å². The molecule has 1 unspecified atom stereocenters. The van der Waals surface area contributed by atoms with Crippen LogP contribution in [0.5, 0.6) is 0 Å². The minimum Gasteiger partial charge on any atom is -0.382 e. The Labute approximate surface area is 116 Å². The molecule has 0 saturated heterocycles. The van der Waals surface area contributed by atoms with Gasteiger partial charge in [0, 0.05) is 6.54 Å². The van der Waals surface area contributed by atoms with Crippen LogP contribution in [0.2, 0.25) is 0 Å². The molecule has 0 spiro atoms. The van der Waals surface area contributed by atoms with Gasteiger partial charge in [-0.1, -0.05) is 36.8 Å². The highest BCUT2D eigenvalue weighted by Crippen LogP contribution is 2.28. The minimum atomic E-state index is -0.644. The van der Waals surface area contributed by atoms with Crippen molar-refractivity contribution in [3.8, 4) is 0 Å². The van der Waals surface area contributed by atoms with Crippen LogP contribution >= 0.6 is 15.9 Å². The van der Waals surface area contributed by atoms with Crippen LogP contribution < -0.4 is 0 Å². The third-order valence-corrected chi connectivity index (χ3v) is 3.53. The van der Waals surface area contributed by atoms with Gasteiger partial charge in [-0.15, -0.1) is 0 Å². The normalized spacial score (nSPS) is 12.7.